The van der Waals surface area contributed by atoms with E-state index in [1.807, 2.05) is 30.5 Å². The number of pyridine rings is 1. The SMILES string of the molecule is O=C(Nc1cccc2cnccc12)[C@@H]1CCCCN1. The second-order valence-corrected chi connectivity index (χ2v) is 4.89. The summed E-state index contributed by atoms with van der Waals surface area (Å²) in [4.78, 5) is 16.3. The summed E-state index contributed by atoms with van der Waals surface area (Å²) in [6.07, 6.45) is 6.74. The van der Waals surface area contributed by atoms with Gasteiger partial charge in [0.15, 0.2) is 0 Å². The van der Waals surface area contributed by atoms with Crippen LogP contribution in [0.15, 0.2) is 36.7 Å². The van der Waals surface area contributed by atoms with Gasteiger partial charge in [0.05, 0.1) is 6.04 Å². The Hall–Kier alpha value is -1.94. The van der Waals surface area contributed by atoms with E-state index in [4.69, 9.17) is 0 Å². The number of hydrogen-bond donors (Lipinski definition) is 2. The molecule has 98 valence electrons. The second kappa shape index (κ2) is 5.36. The molecule has 2 heterocycles. The standard InChI is InChI=1S/C15H17N3O/c19-15(14-5-1-2-8-17-14)18-13-6-3-4-11-10-16-9-7-12(11)13/h3-4,6-7,9-10,14,17H,1-2,5,8H2,(H,18,19)/t14-/m0/s1. The molecule has 19 heavy (non-hydrogen) atoms. The highest BCUT2D eigenvalue weighted by Crippen LogP contribution is 2.22. The van der Waals surface area contributed by atoms with Crippen molar-refractivity contribution in [2.45, 2.75) is 25.3 Å². The Morgan fingerprint density at radius 1 is 1.32 bits per heavy atom. The molecule has 0 saturated carbocycles. The first kappa shape index (κ1) is 12.1. The van der Waals surface area contributed by atoms with E-state index in [-0.39, 0.29) is 11.9 Å². The number of hydrogen-bond acceptors (Lipinski definition) is 3. The van der Waals surface area contributed by atoms with Crippen LogP contribution < -0.4 is 10.6 Å². The summed E-state index contributed by atoms with van der Waals surface area (Å²) < 4.78 is 0. The Morgan fingerprint density at radius 2 is 2.26 bits per heavy atom. The van der Waals surface area contributed by atoms with E-state index in [1.165, 1.54) is 0 Å². The number of aromatic nitrogens is 1. The lowest BCUT2D eigenvalue weighted by molar-refractivity contribution is -0.118. The molecule has 1 fully saturated rings. The molecule has 0 unspecified atom stereocenters. The van der Waals surface area contributed by atoms with Crippen LogP contribution in [0.25, 0.3) is 10.8 Å². The fourth-order valence-electron chi connectivity index (χ4n) is 2.53. The predicted octanol–water partition coefficient (Wildman–Crippen LogP) is 2.32. The summed E-state index contributed by atoms with van der Waals surface area (Å²) in [6.45, 7) is 0.928. The Balaban J connectivity index is 1.82. The molecule has 2 aromatic rings. The fourth-order valence-corrected chi connectivity index (χ4v) is 2.53. The number of nitrogens with one attached hydrogen (secondary N) is 2. The molecule has 3 rings (SSSR count). The summed E-state index contributed by atoms with van der Waals surface area (Å²) in [5, 5.41) is 8.36. The van der Waals surface area contributed by atoms with Gasteiger partial charge in [0, 0.05) is 28.9 Å². The zero-order valence-corrected chi connectivity index (χ0v) is 10.7. The van der Waals surface area contributed by atoms with Gasteiger partial charge in [0.1, 0.15) is 0 Å². The third-order valence-corrected chi connectivity index (χ3v) is 3.57. The summed E-state index contributed by atoms with van der Waals surface area (Å²) >= 11 is 0. The molecule has 1 aliphatic rings. The van der Waals surface area contributed by atoms with E-state index in [9.17, 15) is 4.79 Å². The van der Waals surface area contributed by atoms with E-state index >= 15 is 0 Å². The van der Waals surface area contributed by atoms with Gasteiger partial charge in [-0.05, 0) is 31.5 Å². The zero-order chi connectivity index (χ0) is 13.1. The number of anilines is 1. The van der Waals surface area contributed by atoms with Crippen molar-refractivity contribution in [3.63, 3.8) is 0 Å². The van der Waals surface area contributed by atoms with Crippen LogP contribution in [0.3, 0.4) is 0 Å². The molecule has 4 heteroatoms. The molecule has 1 aromatic heterocycles. The number of amides is 1. The number of benzene rings is 1. The average Bonchev–Trinajstić information content (AvgIpc) is 2.48. The van der Waals surface area contributed by atoms with Gasteiger partial charge in [-0.2, -0.15) is 0 Å². The minimum atomic E-state index is -0.0640. The smallest absolute Gasteiger partial charge is 0.241 e. The number of piperidine rings is 1. The predicted molar refractivity (Wildman–Crippen MR) is 76.0 cm³/mol. The Kier molecular flexibility index (Phi) is 3.42. The highest BCUT2D eigenvalue weighted by atomic mass is 16.2. The van der Waals surface area contributed by atoms with E-state index in [0.717, 1.165) is 42.3 Å². The van der Waals surface area contributed by atoms with E-state index in [2.05, 4.69) is 15.6 Å². The van der Waals surface area contributed by atoms with Crippen LogP contribution in [0.2, 0.25) is 0 Å². The van der Waals surface area contributed by atoms with Gasteiger partial charge in [0.25, 0.3) is 0 Å². The molecule has 2 N–H and O–H groups in total. The first-order valence-electron chi connectivity index (χ1n) is 6.71. The topological polar surface area (TPSA) is 54.0 Å². The Morgan fingerprint density at radius 3 is 3.11 bits per heavy atom. The second-order valence-electron chi connectivity index (χ2n) is 4.89. The highest BCUT2D eigenvalue weighted by molar-refractivity contribution is 6.03. The molecule has 1 atom stereocenters. The maximum Gasteiger partial charge on any atom is 0.241 e. The molecule has 1 aliphatic heterocycles. The lowest BCUT2D eigenvalue weighted by Crippen LogP contribution is -2.43. The number of fused-ring (bicyclic) bond motifs is 1. The number of carbonyl (C=O) groups is 1. The summed E-state index contributed by atoms with van der Waals surface area (Å²) in [6, 6.07) is 7.73. The molecule has 1 saturated heterocycles. The van der Waals surface area contributed by atoms with Crippen molar-refractivity contribution in [1.29, 1.82) is 0 Å². The summed E-state index contributed by atoms with van der Waals surface area (Å²) in [5.41, 5.74) is 0.859. The van der Waals surface area contributed by atoms with Crippen LogP contribution in [-0.2, 0) is 4.79 Å². The summed E-state index contributed by atoms with van der Waals surface area (Å²) in [7, 11) is 0. The lowest BCUT2D eigenvalue weighted by Gasteiger charge is -2.22. The van der Waals surface area contributed by atoms with Crippen LogP contribution in [0, 0.1) is 0 Å². The van der Waals surface area contributed by atoms with Crippen molar-refractivity contribution in [2.75, 3.05) is 11.9 Å². The molecular weight excluding hydrogens is 238 g/mol. The normalized spacial score (nSPS) is 19.3. The van der Waals surface area contributed by atoms with Gasteiger partial charge in [-0.1, -0.05) is 18.6 Å². The first-order chi connectivity index (χ1) is 9.34. The van der Waals surface area contributed by atoms with Crippen molar-refractivity contribution >= 4 is 22.4 Å². The minimum absolute atomic E-state index is 0.0593. The van der Waals surface area contributed by atoms with E-state index in [1.54, 1.807) is 6.20 Å². The molecular formula is C15H17N3O. The zero-order valence-electron chi connectivity index (χ0n) is 10.7. The van der Waals surface area contributed by atoms with Crippen LogP contribution in [0.4, 0.5) is 5.69 Å². The molecule has 4 nitrogen and oxygen atoms in total. The van der Waals surface area contributed by atoms with Gasteiger partial charge in [-0.25, -0.2) is 0 Å². The van der Waals surface area contributed by atoms with Gasteiger partial charge in [0.2, 0.25) is 5.91 Å². The highest BCUT2D eigenvalue weighted by Gasteiger charge is 2.20. The minimum Gasteiger partial charge on any atom is -0.324 e. The van der Waals surface area contributed by atoms with Gasteiger partial charge in [-0.15, -0.1) is 0 Å². The average molecular weight is 255 g/mol. The fraction of sp³-hybridized carbons (Fsp3) is 0.333. The van der Waals surface area contributed by atoms with Crippen molar-refractivity contribution in [3.05, 3.63) is 36.7 Å². The quantitative estimate of drug-likeness (QED) is 0.866. The van der Waals surface area contributed by atoms with Gasteiger partial charge < -0.3 is 10.6 Å². The molecule has 1 aromatic carbocycles. The number of carbonyl (C=O) groups excluding carboxylic acids is 1. The van der Waals surface area contributed by atoms with Crippen LogP contribution in [-0.4, -0.2) is 23.5 Å². The monoisotopic (exact) mass is 255 g/mol. The number of nitrogens with zero attached hydrogens (tertiary/aromatic N) is 1. The first-order valence-corrected chi connectivity index (χ1v) is 6.71. The van der Waals surface area contributed by atoms with Crippen molar-refractivity contribution < 1.29 is 4.79 Å². The maximum absolute atomic E-state index is 12.2. The largest absolute Gasteiger partial charge is 0.324 e. The molecule has 0 aliphatic carbocycles. The Labute approximate surface area is 112 Å². The molecule has 0 radical (unpaired) electrons. The van der Waals surface area contributed by atoms with Gasteiger partial charge >= 0.3 is 0 Å². The molecule has 0 bridgehead atoms. The third-order valence-electron chi connectivity index (χ3n) is 3.57. The maximum atomic E-state index is 12.2. The summed E-state index contributed by atoms with van der Waals surface area (Å²) in [5.74, 6) is 0.0593. The van der Waals surface area contributed by atoms with Crippen LogP contribution in [0.1, 0.15) is 19.3 Å². The van der Waals surface area contributed by atoms with Crippen molar-refractivity contribution in [2.24, 2.45) is 0 Å². The van der Waals surface area contributed by atoms with Crippen molar-refractivity contribution in [3.8, 4) is 0 Å². The molecule has 1 amide bonds. The van der Waals surface area contributed by atoms with Crippen LogP contribution in [0.5, 0.6) is 0 Å². The Bertz CT molecular complexity index is 585. The molecule has 0 spiro atoms. The number of rotatable bonds is 2. The van der Waals surface area contributed by atoms with Crippen molar-refractivity contribution in [1.82, 2.24) is 10.3 Å². The van der Waals surface area contributed by atoms with Gasteiger partial charge in [-0.3, -0.25) is 9.78 Å². The third kappa shape index (κ3) is 2.58. The van der Waals surface area contributed by atoms with Crippen LogP contribution >= 0.6 is 0 Å². The van der Waals surface area contributed by atoms with E-state index in [0.29, 0.717) is 0 Å². The lowest BCUT2D eigenvalue weighted by atomic mass is 10.0. The van der Waals surface area contributed by atoms with E-state index < -0.39 is 0 Å².